The summed E-state index contributed by atoms with van der Waals surface area (Å²) in [6, 6.07) is 0. The molecule has 4 N–H and O–H groups in total. The summed E-state index contributed by atoms with van der Waals surface area (Å²) in [6.45, 7) is 2.96. The number of nitrogen functional groups attached to an aromatic ring is 1. The summed E-state index contributed by atoms with van der Waals surface area (Å²) in [5.74, 6) is 0.499. The summed E-state index contributed by atoms with van der Waals surface area (Å²) >= 11 is 0. The number of amides is 1. The number of H-pyrrole nitrogens is 1. The highest BCUT2D eigenvalue weighted by Gasteiger charge is 2.15. The van der Waals surface area contributed by atoms with Gasteiger partial charge < -0.3 is 11.1 Å². The van der Waals surface area contributed by atoms with Crippen molar-refractivity contribution >= 4 is 11.6 Å². The molecular weight excluding hydrogens is 234 g/mol. The monoisotopic (exact) mass is 249 g/mol. The van der Waals surface area contributed by atoms with Crippen molar-refractivity contribution in [1.82, 2.24) is 30.3 Å². The molecule has 0 fully saturated rings. The highest BCUT2D eigenvalue weighted by atomic mass is 16.2. The third kappa shape index (κ3) is 2.47. The average molecular weight is 249 g/mol. The van der Waals surface area contributed by atoms with Crippen molar-refractivity contribution in [1.29, 1.82) is 0 Å². The van der Waals surface area contributed by atoms with Gasteiger partial charge in [0.2, 0.25) is 0 Å². The first-order chi connectivity index (χ1) is 8.72. The van der Waals surface area contributed by atoms with Gasteiger partial charge in [-0.3, -0.25) is 14.6 Å². The van der Waals surface area contributed by atoms with E-state index in [-0.39, 0.29) is 5.91 Å². The standard InChI is InChI=1S/C10H15N7O/c1-2-17-9(7(11)5-15-17)10(18)12-4-3-8-13-6-14-16-8/h5-6H,2-4,11H2,1H3,(H,12,18)(H,13,14,16). The third-order valence-electron chi connectivity index (χ3n) is 2.49. The molecule has 0 saturated carbocycles. The topological polar surface area (TPSA) is 115 Å². The van der Waals surface area contributed by atoms with Gasteiger partial charge in [-0.1, -0.05) is 0 Å². The van der Waals surface area contributed by atoms with Crippen LogP contribution in [0.15, 0.2) is 12.5 Å². The number of hydrogen-bond acceptors (Lipinski definition) is 5. The Balaban J connectivity index is 1.93. The minimum Gasteiger partial charge on any atom is -0.396 e. The number of hydrogen-bond donors (Lipinski definition) is 3. The highest BCUT2D eigenvalue weighted by Crippen LogP contribution is 2.10. The van der Waals surface area contributed by atoms with Gasteiger partial charge in [-0.2, -0.15) is 10.2 Å². The lowest BCUT2D eigenvalue weighted by Gasteiger charge is -2.06. The second kappa shape index (κ2) is 5.30. The molecule has 96 valence electrons. The third-order valence-corrected chi connectivity index (χ3v) is 2.49. The lowest BCUT2D eigenvalue weighted by molar-refractivity contribution is 0.0944. The van der Waals surface area contributed by atoms with Gasteiger partial charge in [0.15, 0.2) is 0 Å². The fraction of sp³-hybridized carbons (Fsp3) is 0.400. The maximum Gasteiger partial charge on any atom is 0.271 e. The average Bonchev–Trinajstić information content (AvgIpc) is 2.98. The van der Waals surface area contributed by atoms with Crippen LogP contribution in [0, 0.1) is 0 Å². The zero-order valence-corrected chi connectivity index (χ0v) is 10.1. The maximum atomic E-state index is 11.9. The fourth-order valence-electron chi connectivity index (χ4n) is 1.62. The molecule has 0 radical (unpaired) electrons. The Bertz CT molecular complexity index is 516. The first kappa shape index (κ1) is 12.1. The quantitative estimate of drug-likeness (QED) is 0.665. The lowest BCUT2D eigenvalue weighted by Crippen LogP contribution is -2.29. The molecule has 2 aromatic heterocycles. The van der Waals surface area contributed by atoms with E-state index in [0.717, 1.165) is 5.82 Å². The van der Waals surface area contributed by atoms with Gasteiger partial charge in [-0.25, -0.2) is 4.98 Å². The van der Waals surface area contributed by atoms with E-state index >= 15 is 0 Å². The molecule has 0 aliphatic heterocycles. The van der Waals surface area contributed by atoms with Crippen LogP contribution in [-0.2, 0) is 13.0 Å². The van der Waals surface area contributed by atoms with E-state index in [1.807, 2.05) is 6.92 Å². The number of carbonyl (C=O) groups is 1. The minimum absolute atomic E-state index is 0.230. The van der Waals surface area contributed by atoms with Crippen LogP contribution in [0.25, 0.3) is 0 Å². The molecule has 8 heteroatoms. The first-order valence-electron chi connectivity index (χ1n) is 5.66. The molecule has 1 amide bonds. The normalized spacial score (nSPS) is 10.5. The molecule has 0 unspecified atom stereocenters. The summed E-state index contributed by atoms with van der Waals surface area (Å²) in [7, 11) is 0. The van der Waals surface area contributed by atoms with Crippen molar-refractivity contribution in [3.63, 3.8) is 0 Å². The number of nitrogens with zero attached hydrogens (tertiary/aromatic N) is 4. The molecule has 0 aliphatic carbocycles. The van der Waals surface area contributed by atoms with Crippen molar-refractivity contribution in [3.05, 3.63) is 24.0 Å². The summed E-state index contributed by atoms with van der Waals surface area (Å²) < 4.78 is 1.57. The van der Waals surface area contributed by atoms with Crippen LogP contribution in [0.1, 0.15) is 23.2 Å². The Morgan fingerprint density at radius 3 is 3.11 bits per heavy atom. The molecule has 8 nitrogen and oxygen atoms in total. The minimum atomic E-state index is -0.230. The Hall–Kier alpha value is -2.38. The molecule has 0 spiro atoms. The molecule has 0 saturated heterocycles. The molecule has 2 rings (SSSR count). The number of aryl methyl sites for hydroxylation is 1. The summed E-state index contributed by atoms with van der Waals surface area (Å²) in [5.41, 5.74) is 6.49. The van der Waals surface area contributed by atoms with Gasteiger partial charge >= 0.3 is 0 Å². The number of anilines is 1. The zero-order valence-electron chi connectivity index (χ0n) is 10.1. The van der Waals surface area contributed by atoms with E-state index in [0.29, 0.717) is 30.9 Å². The van der Waals surface area contributed by atoms with E-state index < -0.39 is 0 Å². The SMILES string of the molecule is CCn1ncc(N)c1C(=O)NCCc1ncn[nH]1. The molecule has 0 aliphatic rings. The van der Waals surface area contributed by atoms with Crippen molar-refractivity contribution < 1.29 is 4.79 Å². The Morgan fingerprint density at radius 1 is 1.61 bits per heavy atom. The Kier molecular flexibility index (Phi) is 3.56. The molecular formula is C10H15N7O. The summed E-state index contributed by atoms with van der Waals surface area (Å²) in [6.07, 6.45) is 3.50. The van der Waals surface area contributed by atoms with Gasteiger partial charge in [-0.05, 0) is 6.92 Å². The number of carbonyl (C=O) groups excluding carboxylic acids is 1. The van der Waals surface area contributed by atoms with E-state index in [1.54, 1.807) is 4.68 Å². The van der Waals surface area contributed by atoms with E-state index in [2.05, 4.69) is 25.6 Å². The molecule has 2 aromatic rings. The van der Waals surface area contributed by atoms with Gasteiger partial charge in [0.1, 0.15) is 17.8 Å². The number of nitrogens with two attached hydrogens (primary N) is 1. The number of rotatable bonds is 5. The largest absolute Gasteiger partial charge is 0.396 e. The van der Waals surface area contributed by atoms with Crippen LogP contribution in [0.3, 0.4) is 0 Å². The fourth-order valence-corrected chi connectivity index (χ4v) is 1.62. The molecule has 0 bridgehead atoms. The van der Waals surface area contributed by atoms with Gasteiger partial charge in [-0.15, -0.1) is 0 Å². The summed E-state index contributed by atoms with van der Waals surface area (Å²) in [5, 5.41) is 13.2. The van der Waals surface area contributed by atoms with Gasteiger partial charge in [0.25, 0.3) is 5.91 Å². The molecule has 18 heavy (non-hydrogen) atoms. The molecule has 2 heterocycles. The van der Waals surface area contributed by atoms with Crippen LogP contribution < -0.4 is 11.1 Å². The number of nitrogens with one attached hydrogen (secondary N) is 2. The van der Waals surface area contributed by atoms with Crippen molar-refractivity contribution in [2.24, 2.45) is 0 Å². The Labute approximate surface area is 104 Å². The van der Waals surface area contributed by atoms with Crippen molar-refractivity contribution in [2.45, 2.75) is 19.9 Å². The second-order valence-corrected chi connectivity index (χ2v) is 3.70. The Morgan fingerprint density at radius 2 is 2.44 bits per heavy atom. The highest BCUT2D eigenvalue weighted by molar-refractivity contribution is 5.97. The number of aromatic nitrogens is 5. The van der Waals surface area contributed by atoms with Crippen molar-refractivity contribution in [3.8, 4) is 0 Å². The molecule has 0 aromatic carbocycles. The van der Waals surface area contributed by atoms with E-state index in [9.17, 15) is 4.79 Å². The van der Waals surface area contributed by atoms with Crippen LogP contribution in [-0.4, -0.2) is 37.4 Å². The van der Waals surface area contributed by atoms with Crippen LogP contribution in [0.4, 0.5) is 5.69 Å². The zero-order chi connectivity index (χ0) is 13.0. The first-order valence-corrected chi connectivity index (χ1v) is 5.66. The summed E-state index contributed by atoms with van der Waals surface area (Å²) in [4.78, 5) is 15.9. The van der Waals surface area contributed by atoms with E-state index in [4.69, 9.17) is 5.73 Å². The van der Waals surface area contributed by atoms with E-state index in [1.165, 1.54) is 12.5 Å². The second-order valence-electron chi connectivity index (χ2n) is 3.70. The smallest absolute Gasteiger partial charge is 0.271 e. The predicted octanol–water partition coefficient (Wildman–Crippen LogP) is -0.424. The van der Waals surface area contributed by atoms with Crippen LogP contribution in [0.2, 0.25) is 0 Å². The van der Waals surface area contributed by atoms with Crippen LogP contribution in [0.5, 0.6) is 0 Å². The maximum absolute atomic E-state index is 11.9. The number of aromatic amines is 1. The molecule has 0 atom stereocenters. The predicted molar refractivity (Wildman–Crippen MR) is 64.7 cm³/mol. The van der Waals surface area contributed by atoms with Gasteiger partial charge in [0, 0.05) is 19.5 Å². The van der Waals surface area contributed by atoms with Crippen molar-refractivity contribution in [2.75, 3.05) is 12.3 Å². The van der Waals surface area contributed by atoms with Gasteiger partial charge in [0.05, 0.1) is 11.9 Å². The lowest BCUT2D eigenvalue weighted by atomic mass is 10.3. The van der Waals surface area contributed by atoms with Crippen LogP contribution >= 0.6 is 0 Å².